The van der Waals surface area contributed by atoms with Crippen molar-refractivity contribution in [1.82, 2.24) is 4.98 Å². The average Bonchev–Trinajstić information content (AvgIpc) is 2.56. The Morgan fingerprint density at radius 3 is 2.14 bits per heavy atom. The molecule has 0 aliphatic carbocycles. The molecule has 0 radical (unpaired) electrons. The van der Waals surface area contributed by atoms with E-state index in [9.17, 15) is 5.11 Å². The van der Waals surface area contributed by atoms with Crippen LogP contribution in [0.2, 0.25) is 5.02 Å². The number of halogens is 1. The van der Waals surface area contributed by atoms with Crippen LogP contribution in [0.25, 0.3) is 0 Å². The van der Waals surface area contributed by atoms with Gasteiger partial charge in [0.2, 0.25) is 0 Å². The Balaban J connectivity index is 2.29. The molecule has 1 N–H and O–H groups in total. The van der Waals surface area contributed by atoms with E-state index in [1.807, 2.05) is 60.7 Å². The third-order valence-electron chi connectivity index (χ3n) is 3.49. The van der Waals surface area contributed by atoms with E-state index < -0.39 is 5.60 Å². The summed E-state index contributed by atoms with van der Waals surface area (Å²) in [4.78, 5) is 4.34. The van der Waals surface area contributed by atoms with Crippen molar-refractivity contribution in [2.75, 3.05) is 0 Å². The minimum Gasteiger partial charge on any atom is -0.374 e. The average molecular weight is 296 g/mol. The zero-order valence-corrected chi connectivity index (χ0v) is 12.0. The first kappa shape index (κ1) is 13.8. The highest BCUT2D eigenvalue weighted by atomic mass is 35.5. The molecule has 0 saturated carbocycles. The summed E-state index contributed by atoms with van der Waals surface area (Å²) in [5.74, 6) is 0. The zero-order valence-electron chi connectivity index (χ0n) is 11.3. The number of aromatic nitrogens is 1. The maximum atomic E-state index is 11.5. The first-order valence-corrected chi connectivity index (χ1v) is 7.05. The largest absolute Gasteiger partial charge is 0.374 e. The molecule has 1 atom stereocenters. The van der Waals surface area contributed by atoms with Crippen LogP contribution < -0.4 is 0 Å². The lowest BCUT2D eigenvalue weighted by Crippen LogP contribution is -2.30. The predicted molar refractivity (Wildman–Crippen MR) is 84.2 cm³/mol. The summed E-state index contributed by atoms with van der Waals surface area (Å²) >= 11 is 6.32. The maximum Gasteiger partial charge on any atom is 0.158 e. The standard InChI is InChI=1S/C18H14ClNO/c19-16-11-5-4-10-15(16)18(21,14-8-2-1-3-9-14)17-12-6-7-13-20-17/h1-13,21H/t18-/m0/s1. The van der Waals surface area contributed by atoms with Crippen molar-refractivity contribution in [2.45, 2.75) is 5.60 Å². The predicted octanol–water partition coefficient (Wildman–Crippen LogP) is 4.02. The molecule has 2 nitrogen and oxygen atoms in total. The molecule has 3 aromatic rings. The maximum absolute atomic E-state index is 11.5. The van der Waals surface area contributed by atoms with Gasteiger partial charge in [0.25, 0.3) is 0 Å². The Morgan fingerprint density at radius 1 is 0.810 bits per heavy atom. The minimum atomic E-state index is -1.37. The first-order chi connectivity index (χ1) is 10.2. The highest BCUT2D eigenvalue weighted by molar-refractivity contribution is 6.31. The summed E-state index contributed by atoms with van der Waals surface area (Å²) in [6.45, 7) is 0. The fraction of sp³-hybridized carbons (Fsp3) is 0.0556. The topological polar surface area (TPSA) is 33.1 Å². The third kappa shape index (κ3) is 2.44. The summed E-state index contributed by atoms with van der Waals surface area (Å²) in [5, 5.41) is 12.0. The van der Waals surface area contributed by atoms with E-state index >= 15 is 0 Å². The van der Waals surface area contributed by atoms with Crippen LogP contribution >= 0.6 is 11.6 Å². The summed E-state index contributed by atoms with van der Waals surface area (Å²) in [6, 6.07) is 22.2. The Hall–Kier alpha value is -2.16. The zero-order chi connectivity index (χ0) is 14.7. The van der Waals surface area contributed by atoms with Crippen LogP contribution in [0.4, 0.5) is 0 Å². The number of aliphatic hydroxyl groups is 1. The van der Waals surface area contributed by atoms with Gasteiger partial charge in [0.15, 0.2) is 5.60 Å². The van der Waals surface area contributed by atoms with Gasteiger partial charge in [0, 0.05) is 16.8 Å². The number of pyridine rings is 1. The number of benzene rings is 2. The van der Waals surface area contributed by atoms with Crippen LogP contribution in [0.3, 0.4) is 0 Å². The van der Waals surface area contributed by atoms with Crippen molar-refractivity contribution >= 4 is 11.6 Å². The molecule has 3 rings (SSSR count). The Morgan fingerprint density at radius 2 is 1.48 bits per heavy atom. The second-order valence-electron chi connectivity index (χ2n) is 4.77. The SMILES string of the molecule is O[C@](c1ccccc1)(c1ccccn1)c1ccccc1Cl. The molecule has 0 spiro atoms. The molecule has 0 amide bonds. The summed E-state index contributed by atoms with van der Waals surface area (Å²) in [7, 11) is 0. The number of hydrogen-bond acceptors (Lipinski definition) is 2. The van der Waals surface area contributed by atoms with Gasteiger partial charge in [-0.2, -0.15) is 0 Å². The van der Waals surface area contributed by atoms with Crippen molar-refractivity contribution in [1.29, 1.82) is 0 Å². The van der Waals surface area contributed by atoms with E-state index in [0.29, 0.717) is 16.3 Å². The van der Waals surface area contributed by atoms with E-state index in [1.54, 1.807) is 18.3 Å². The molecule has 3 heteroatoms. The molecule has 0 fully saturated rings. The molecular weight excluding hydrogens is 282 g/mol. The van der Waals surface area contributed by atoms with Crippen LogP contribution in [-0.4, -0.2) is 10.1 Å². The van der Waals surface area contributed by atoms with Gasteiger partial charge in [0.1, 0.15) is 0 Å². The fourth-order valence-corrected chi connectivity index (χ4v) is 2.72. The van der Waals surface area contributed by atoms with Gasteiger partial charge >= 0.3 is 0 Å². The van der Waals surface area contributed by atoms with Gasteiger partial charge in [-0.15, -0.1) is 0 Å². The van der Waals surface area contributed by atoms with Gasteiger partial charge < -0.3 is 5.11 Å². The summed E-state index contributed by atoms with van der Waals surface area (Å²) in [5.41, 5.74) is 0.526. The van der Waals surface area contributed by atoms with Crippen molar-refractivity contribution in [2.24, 2.45) is 0 Å². The Bertz CT molecular complexity index is 689. The second-order valence-corrected chi connectivity index (χ2v) is 5.18. The van der Waals surface area contributed by atoms with Crippen molar-refractivity contribution in [3.05, 3.63) is 101 Å². The fourth-order valence-electron chi connectivity index (χ4n) is 2.45. The minimum absolute atomic E-state index is 0.509. The third-order valence-corrected chi connectivity index (χ3v) is 3.82. The van der Waals surface area contributed by atoms with E-state index in [2.05, 4.69) is 4.98 Å². The molecule has 0 saturated heterocycles. The molecule has 0 unspecified atom stereocenters. The molecule has 1 heterocycles. The van der Waals surface area contributed by atoms with Gasteiger partial charge in [-0.3, -0.25) is 4.98 Å². The number of rotatable bonds is 3. The van der Waals surface area contributed by atoms with Crippen molar-refractivity contribution in [3.8, 4) is 0 Å². The molecule has 104 valence electrons. The van der Waals surface area contributed by atoms with Crippen LogP contribution in [-0.2, 0) is 5.60 Å². The van der Waals surface area contributed by atoms with Gasteiger partial charge in [-0.1, -0.05) is 66.2 Å². The smallest absolute Gasteiger partial charge is 0.158 e. The monoisotopic (exact) mass is 295 g/mol. The summed E-state index contributed by atoms with van der Waals surface area (Å²) < 4.78 is 0. The van der Waals surface area contributed by atoms with Crippen molar-refractivity contribution in [3.63, 3.8) is 0 Å². The first-order valence-electron chi connectivity index (χ1n) is 6.67. The van der Waals surface area contributed by atoms with Crippen LogP contribution in [0.5, 0.6) is 0 Å². The highest BCUT2D eigenvalue weighted by Gasteiger charge is 2.36. The van der Waals surface area contributed by atoms with E-state index in [0.717, 1.165) is 5.56 Å². The van der Waals surface area contributed by atoms with Crippen LogP contribution in [0.1, 0.15) is 16.8 Å². The molecule has 0 aliphatic heterocycles. The highest BCUT2D eigenvalue weighted by Crippen LogP contribution is 2.38. The Labute approximate surface area is 128 Å². The van der Waals surface area contributed by atoms with Gasteiger partial charge in [-0.25, -0.2) is 0 Å². The molecule has 21 heavy (non-hydrogen) atoms. The number of nitrogens with zero attached hydrogens (tertiary/aromatic N) is 1. The molecule has 1 aromatic heterocycles. The molecular formula is C18H14ClNO. The van der Waals surface area contributed by atoms with Gasteiger partial charge in [-0.05, 0) is 23.8 Å². The molecule has 2 aromatic carbocycles. The lowest BCUT2D eigenvalue weighted by molar-refractivity contribution is 0.121. The quantitative estimate of drug-likeness (QED) is 0.792. The second kappa shape index (κ2) is 5.68. The normalized spacial score (nSPS) is 13.6. The van der Waals surface area contributed by atoms with Crippen molar-refractivity contribution < 1.29 is 5.11 Å². The summed E-state index contributed by atoms with van der Waals surface area (Å²) in [6.07, 6.45) is 1.67. The molecule has 0 bridgehead atoms. The van der Waals surface area contributed by atoms with E-state index in [1.165, 1.54) is 0 Å². The molecule has 0 aliphatic rings. The van der Waals surface area contributed by atoms with E-state index in [-0.39, 0.29) is 0 Å². The van der Waals surface area contributed by atoms with E-state index in [4.69, 9.17) is 11.6 Å². The number of hydrogen-bond donors (Lipinski definition) is 1. The van der Waals surface area contributed by atoms with Crippen LogP contribution in [0.15, 0.2) is 79.0 Å². The lowest BCUT2D eigenvalue weighted by atomic mass is 9.83. The van der Waals surface area contributed by atoms with Crippen LogP contribution in [0, 0.1) is 0 Å². The Kier molecular flexibility index (Phi) is 3.74. The lowest BCUT2D eigenvalue weighted by Gasteiger charge is -2.29. The van der Waals surface area contributed by atoms with Gasteiger partial charge in [0.05, 0.1) is 5.69 Å².